The van der Waals surface area contributed by atoms with Gasteiger partial charge in [-0.2, -0.15) is 5.26 Å². The second-order valence-electron chi connectivity index (χ2n) is 4.69. The summed E-state index contributed by atoms with van der Waals surface area (Å²) >= 11 is 0. The van der Waals surface area contributed by atoms with Crippen LogP contribution in [0.1, 0.15) is 19.0 Å². The first-order valence-electron chi connectivity index (χ1n) is 6.06. The Balaban J connectivity index is 2.21. The second-order valence-corrected chi connectivity index (χ2v) is 4.69. The minimum atomic E-state index is 0.510. The average molecular weight is 230 g/mol. The Morgan fingerprint density at radius 1 is 1.65 bits per heavy atom. The number of hydrogen-bond acceptors (Lipinski definition) is 4. The normalized spacial score (nSPS) is 24.4. The Kier molecular flexibility index (Phi) is 3.60. The molecule has 0 radical (unpaired) electrons. The van der Waals surface area contributed by atoms with Gasteiger partial charge in [0.2, 0.25) is 0 Å². The van der Waals surface area contributed by atoms with Crippen LogP contribution in [0.2, 0.25) is 0 Å². The molecule has 4 heteroatoms. The number of pyridine rings is 1. The fourth-order valence-electron chi connectivity index (χ4n) is 2.41. The van der Waals surface area contributed by atoms with E-state index in [-0.39, 0.29) is 0 Å². The summed E-state index contributed by atoms with van der Waals surface area (Å²) in [6.45, 7) is 4.87. The quantitative estimate of drug-likeness (QED) is 0.833. The number of piperidine rings is 1. The molecule has 0 spiro atoms. The van der Waals surface area contributed by atoms with Crippen LogP contribution in [0.25, 0.3) is 0 Å². The van der Waals surface area contributed by atoms with Crippen molar-refractivity contribution in [2.45, 2.75) is 13.3 Å². The lowest BCUT2D eigenvalue weighted by Crippen LogP contribution is -2.43. The van der Waals surface area contributed by atoms with E-state index in [0.717, 1.165) is 25.2 Å². The van der Waals surface area contributed by atoms with Crippen LogP contribution in [0, 0.1) is 23.2 Å². The smallest absolute Gasteiger partial charge is 0.163 e. The lowest BCUT2D eigenvalue weighted by Gasteiger charge is -2.38. The molecule has 1 aliphatic heterocycles. The monoisotopic (exact) mass is 230 g/mol. The van der Waals surface area contributed by atoms with Crippen molar-refractivity contribution >= 4 is 5.69 Å². The molecule has 1 aromatic heterocycles. The van der Waals surface area contributed by atoms with Gasteiger partial charge in [-0.25, -0.2) is 4.98 Å². The van der Waals surface area contributed by atoms with Crippen LogP contribution in [0.3, 0.4) is 0 Å². The lowest BCUT2D eigenvalue weighted by atomic mass is 9.87. The number of anilines is 1. The minimum absolute atomic E-state index is 0.510. The molecule has 1 saturated heterocycles. The van der Waals surface area contributed by atoms with Crippen LogP contribution < -0.4 is 10.6 Å². The molecule has 4 nitrogen and oxygen atoms in total. The van der Waals surface area contributed by atoms with Crippen molar-refractivity contribution in [2.75, 3.05) is 24.5 Å². The van der Waals surface area contributed by atoms with E-state index in [1.165, 1.54) is 0 Å². The van der Waals surface area contributed by atoms with Crippen LogP contribution >= 0.6 is 0 Å². The number of nitriles is 1. The zero-order chi connectivity index (χ0) is 12.3. The summed E-state index contributed by atoms with van der Waals surface area (Å²) < 4.78 is 0. The molecule has 0 saturated carbocycles. The summed E-state index contributed by atoms with van der Waals surface area (Å²) in [6.07, 6.45) is 2.79. The van der Waals surface area contributed by atoms with Gasteiger partial charge in [-0.05, 0) is 36.9 Å². The molecule has 90 valence electrons. The molecule has 2 N–H and O–H groups in total. The van der Waals surface area contributed by atoms with Crippen molar-refractivity contribution in [2.24, 2.45) is 17.6 Å². The number of nitrogens with two attached hydrogens (primary N) is 1. The maximum atomic E-state index is 9.06. The minimum Gasteiger partial charge on any atom is -0.369 e. The van der Waals surface area contributed by atoms with Gasteiger partial charge in [-0.3, -0.25) is 0 Å². The molecule has 2 rings (SSSR count). The van der Waals surface area contributed by atoms with Gasteiger partial charge in [0.25, 0.3) is 0 Å². The Labute approximate surface area is 102 Å². The fourth-order valence-corrected chi connectivity index (χ4v) is 2.41. The molecule has 1 aliphatic rings. The summed E-state index contributed by atoms with van der Waals surface area (Å²) in [6, 6.07) is 6.00. The molecule has 1 fully saturated rings. The van der Waals surface area contributed by atoms with Gasteiger partial charge in [-0.15, -0.1) is 0 Å². The fraction of sp³-hybridized carbons (Fsp3) is 0.538. The van der Waals surface area contributed by atoms with Crippen molar-refractivity contribution < 1.29 is 0 Å². The van der Waals surface area contributed by atoms with E-state index >= 15 is 0 Å². The van der Waals surface area contributed by atoms with E-state index in [0.29, 0.717) is 24.1 Å². The predicted molar refractivity (Wildman–Crippen MR) is 67.5 cm³/mol. The highest BCUT2D eigenvalue weighted by Gasteiger charge is 2.26. The maximum Gasteiger partial charge on any atom is 0.163 e. The standard InChI is InChI=1S/C13H18N4/c1-10-4-6-17(9-11(10)7-14)13-3-2-5-16-12(13)8-15/h2-3,5,10-11H,4,6-7,9,14H2,1H3. The van der Waals surface area contributed by atoms with Crippen LogP contribution in [0.4, 0.5) is 5.69 Å². The molecular formula is C13H18N4. The van der Waals surface area contributed by atoms with Gasteiger partial charge in [0.15, 0.2) is 5.69 Å². The Morgan fingerprint density at radius 3 is 3.18 bits per heavy atom. The summed E-state index contributed by atoms with van der Waals surface area (Å²) in [7, 11) is 0. The number of rotatable bonds is 2. The Morgan fingerprint density at radius 2 is 2.47 bits per heavy atom. The van der Waals surface area contributed by atoms with E-state index in [9.17, 15) is 0 Å². The second kappa shape index (κ2) is 5.15. The average Bonchev–Trinajstić information content (AvgIpc) is 2.39. The van der Waals surface area contributed by atoms with E-state index in [4.69, 9.17) is 11.0 Å². The summed E-state index contributed by atoms with van der Waals surface area (Å²) in [5.41, 5.74) is 7.25. The molecule has 2 atom stereocenters. The molecule has 0 aromatic carbocycles. The molecule has 17 heavy (non-hydrogen) atoms. The maximum absolute atomic E-state index is 9.06. The van der Waals surface area contributed by atoms with Gasteiger partial charge in [0.1, 0.15) is 6.07 Å². The topological polar surface area (TPSA) is 65.9 Å². The third-order valence-corrected chi connectivity index (χ3v) is 3.65. The first kappa shape index (κ1) is 11.9. The van der Waals surface area contributed by atoms with Gasteiger partial charge in [-0.1, -0.05) is 6.92 Å². The summed E-state index contributed by atoms with van der Waals surface area (Å²) in [5, 5.41) is 9.06. The largest absolute Gasteiger partial charge is 0.369 e. The van der Waals surface area contributed by atoms with E-state index in [1.807, 2.05) is 12.1 Å². The molecule has 2 unspecified atom stereocenters. The van der Waals surface area contributed by atoms with Crippen LogP contribution in [0.15, 0.2) is 18.3 Å². The molecule has 0 bridgehead atoms. The third kappa shape index (κ3) is 2.40. The van der Waals surface area contributed by atoms with E-state index < -0.39 is 0 Å². The zero-order valence-electron chi connectivity index (χ0n) is 10.1. The number of aromatic nitrogens is 1. The highest BCUT2D eigenvalue weighted by Crippen LogP contribution is 2.27. The highest BCUT2D eigenvalue weighted by atomic mass is 15.1. The molecule has 1 aromatic rings. The van der Waals surface area contributed by atoms with Crippen molar-refractivity contribution in [3.63, 3.8) is 0 Å². The number of nitrogens with zero attached hydrogens (tertiary/aromatic N) is 3. The highest BCUT2D eigenvalue weighted by molar-refractivity contribution is 5.55. The van der Waals surface area contributed by atoms with Gasteiger partial charge in [0.05, 0.1) is 5.69 Å². The van der Waals surface area contributed by atoms with Gasteiger partial charge >= 0.3 is 0 Å². The van der Waals surface area contributed by atoms with Crippen molar-refractivity contribution in [3.05, 3.63) is 24.0 Å². The summed E-state index contributed by atoms with van der Waals surface area (Å²) in [4.78, 5) is 6.35. The zero-order valence-corrected chi connectivity index (χ0v) is 10.1. The molecule has 0 aliphatic carbocycles. The number of hydrogen-bond donors (Lipinski definition) is 1. The Bertz CT molecular complexity index is 424. The van der Waals surface area contributed by atoms with E-state index in [2.05, 4.69) is 22.9 Å². The first-order valence-corrected chi connectivity index (χ1v) is 6.06. The summed E-state index contributed by atoms with van der Waals surface area (Å²) in [5.74, 6) is 1.17. The first-order chi connectivity index (χ1) is 8.26. The van der Waals surface area contributed by atoms with Crippen molar-refractivity contribution in [1.29, 1.82) is 5.26 Å². The van der Waals surface area contributed by atoms with Crippen molar-refractivity contribution in [1.82, 2.24) is 4.98 Å². The van der Waals surface area contributed by atoms with Gasteiger partial charge < -0.3 is 10.6 Å². The SMILES string of the molecule is CC1CCN(c2cccnc2C#N)CC1CN. The Hall–Kier alpha value is -1.60. The van der Waals surface area contributed by atoms with Crippen LogP contribution in [-0.4, -0.2) is 24.6 Å². The van der Waals surface area contributed by atoms with E-state index in [1.54, 1.807) is 6.20 Å². The van der Waals surface area contributed by atoms with Crippen molar-refractivity contribution in [3.8, 4) is 6.07 Å². The third-order valence-electron chi connectivity index (χ3n) is 3.65. The van der Waals surface area contributed by atoms with Gasteiger partial charge in [0, 0.05) is 19.3 Å². The predicted octanol–water partition coefficient (Wildman–Crippen LogP) is 1.37. The lowest BCUT2D eigenvalue weighted by molar-refractivity contribution is 0.307. The van der Waals surface area contributed by atoms with Crippen LogP contribution in [-0.2, 0) is 0 Å². The molecular weight excluding hydrogens is 212 g/mol. The van der Waals surface area contributed by atoms with Crippen LogP contribution in [0.5, 0.6) is 0 Å². The molecule has 0 amide bonds. The molecule has 2 heterocycles.